The van der Waals surface area contributed by atoms with Crippen molar-refractivity contribution in [2.24, 2.45) is 0 Å². The van der Waals surface area contributed by atoms with Gasteiger partial charge in [0.05, 0.1) is 11.4 Å². The number of aliphatic hydroxyl groups is 1. The summed E-state index contributed by atoms with van der Waals surface area (Å²) in [5.74, 6) is -1.64. The van der Waals surface area contributed by atoms with Gasteiger partial charge in [-0.2, -0.15) is 0 Å². The summed E-state index contributed by atoms with van der Waals surface area (Å²) in [6, 6.07) is 11.4. The highest BCUT2D eigenvalue weighted by molar-refractivity contribution is 6.37. The quantitative estimate of drug-likeness (QED) is 0.732. The summed E-state index contributed by atoms with van der Waals surface area (Å²) in [6.07, 6.45) is 0.199. The van der Waals surface area contributed by atoms with Gasteiger partial charge in [-0.3, -0.25) is 14.0 Å². The largest absolute Gasteiger partial charge is 0.378 e. The number of imidazole rings is 1. The predicted molar refractivity (Wildman–Crippen MR) is 98.8 cm³/mol. The Kier molecular flexibility index (Phi) is 4.61. The van der Waals surface area contributed by atoms with Crippen LogP contribution in [-0.2, 0) is 9.59 Å². The third-order valence-electron chi connectivity index (χ3n) is 4.25. The molecule has 6 heteroatoms. The van der Waals surface area contributed by atoms with Crippen molar-refractivity contribution < 1.29 is 14.7 Å². The summed E-state index contributed by atoms with van der Waals surface area (Å²) in [5.41, 5.74) is 4.21. The summed E-state index contributed by atoms with van der Waals surface area (Å²) in [5, 5.41) is 10.7. The standard InChI is InChI=1S/C20H21N3O3/c1-12-5-8-14(9-6-12)16-17(18(24)19(25)20(26)22(3)4)23-11-13(2)7-10-15(23)21-16/h5-11,18,24H,1-4H3. The Labute approximate surface area is 151 Å². The van der Waals surface area contributed by atoms with Crippen LogP contribution in [0.15, 0.2) is 42.6 Å². The molecule has 1 atom stereocenters. The monoisotopic (exact) mass is 351 g/mol. The van der Waals surface area contributed by atoms with Gasteiger partial charge in [0, 0.05) is 25.9 Å². The van der Waals surface area contributed by atoms with Gasteiger partial charge in [0.1, 0.15) is 5.65 Å². The van der Waals surface area contributed by atoms with Crippen molar-refractivity contribution in [1.82, 2.24) is 14.3 Å². The summed E-state index contributed by atoms with van der Waals surface area (Å²) in [7, 11) is 2.96. The number of likely N-dealkylation sites (N-methyl/N-ethyl adjacent to an activating group) is 1. The zero-order valence-corrected chi connectivity index (χ0v) is 15.2. The molecule has 1 amide bonds. The summed E-state index contributed by atoms with van der Waals surface area (Å²) in [4.78, 5) is 30.3. The smallest absolute Gasteiger partial charge is 0.292 e. The van der Waals surface area contributed by atoms with E-state index >= 15 is 0 Å². The minimum Gasteiger partial charge on any atom is -0.378 e. The number of Topliss-reactive ketones (excluding diaryl/α,β-unsaturated/α-hetero) is 1. The van der Waals surface area contributed by atoms with Crippen molar-refractivity contribution in [1.29, 1.82) is 0 Å². The highest BCUT2D eigenvalue weighted by atomic mass is 16.3. The number of ketones is 1. The van der Waals surface area contributed by atoms with E-state index in [4.69, 9.17) is 0 Å². The highest BCUT2D eigenvalue weighted by Crippen LogP contribution is 2.30. The number of pyridine rings is 1. The number of amides is 1. The van der Waals surface area contributed by atoms with E-state index in [0.717, 1.165) is 21.6 Å². The molecule has 1 N–H and O–H groups in total. The van der Waals surface area contributed by atoms with Gasteiger partial charge in [-0.1, -0.05) is 35.9 Å². The number of hydrogen-bond acceptors (Lipinski definition) is 4. The molecule has 0 spiro atoms. The fraction of sp³-hybridized carbons (Fsp3) is 0.250. The van der Waals surface area contributed by atoms with Gasteiger partial charge >= 0.3 is 0 Å². The van der Waals surface area contributed by atoms with Crippen LogP contribution in [0.2, 0.25) is 0 Å². The van der Waals surface area contributed by atoms with Crippen LogP contribution in [0.25, 0.3) is 16.9 Å². The molecule has 0 radical (unpaired) electrons. The van der Waals surface area contributed by atoms with Crippen LogP contribution < -0.4 is 0 Å². The molecule has 2 heterocycles. The van der Waals surface area contributed by atoms with E-state index < -0.39 is 17.8 Å². The van der Waals surface area contributed by atoms with Crippen molar-refractivity contribution in [2.75, 3.05) is 14.1 Å². The van der Waals surface area contributed by atoms with E-state index in [9.17, 15) is 14.7 Å². The topological polar surface area (TPSA) is 74.9 Å². The lowest BCUT2D eigenvalue weighted by molar-refractivity contribution is -0.147. The SMILES string of the molecule is Cc1ccc(-c2nc3ccc(C)cn3c2C(O)C(=O)C(=O)N(C)C)cc1. The van der Waals surface area contributed by atoms with Gasteiger partial charge in [0.15, 0.2) is 6.10 Å². The van der Waals surface area contributed by atoms with Gasteiger partial charge in [-0.25, -0.2) is 4.98 Å². The number of carbonyl (C=O) groups is 2. The second-order valence-corrected chi connectivity index (χ2v) is 6.61. The lowest BCUT2D eigenvalue weighted by atomic mass is 10.0. The number of rotatable bonds is 4. The first-order chi connectivity index (χ1) is 12.3. The van der Waals surface area contributed by atoms with Gasteiger partial charge < -0.3 is 10.0 Å². The predicted octanol–water partition coefficient (Wildman–Crippen LogP) is 2.31. The van der Waals surface area contributed by atoms with E-state index in [-0.39, 0.29) is 0 Å². The number of fused-ring (bicyclic) bond motifs is 1. The fourth-order valence-corrected chi connectivity index (χ4v) is 2.82. The maximum absolute atomic E-state index is 12.5. The number of carbonyl (C=O) groups excluding carboxylic acids is 2. The second kappa shape index (κ2) is 6.72. The number of aliphatic hydroxyl groups excluding tert-OH is 1. The molecule has 1 aromatic carbocycles. The third-order valence-corrected chi connectivity index (χ3v) is 4.25. The molecule has 6 nitrogen and oxygen atoms in total. The van der Waals surface area contributed by atoms with Crippen LogP contribution in [0.4, 0.5) is 0 Å². The average molecular weight is 351 g/mol. The molecule has 134 valence electrons. The van der Waals surface area contributed by atoms with Crippen LogP contribution in [-0.4, -0.2) is 45.2 Å². The van der Waals surface area contributed by atoms with E-state index in [1.807, 2.05) is 50.2 Å². The zero-order chi connectivity index (χ0) is 19.0. The van der Waals surface area contributed by atoms with E-state index in [2.05, 4.69) is 4.98 Å². The minimum atomic E-state index is -1.60. The maximum atomic E-state index is 12.5. The van der Waals surface area contributed by atoms with Crippen LogP contribution in [0.3, 0.4) is 0 Å². The number of aromatic nitrogens is 2. The normalized spacial score (nSPS) is 12.2. The Bertz CT molecular complexity index is 987. The van der Waals surface area contributed by atoms with Crippen LogP contribution in [0.5, 0.6) is 0 Å². The molecule has 0 saturated carbocycles. The van der Waals surface area contributed by atoms with Crippen molar-refractivity contribution in [2.45, 2.75) is 20.0 Å². The number of aryl methyl sites for hydroxylation is 2. The molecule has 1 unspecified atom stereocenters. The molecule has 0 fully saturated rings. The molecule has 0 aliphatic carbocycles. The van der Waals surface area contributed by atoms with Crippen molar-refractivity contribution >= 4 is 17.3 Å². The molecule has 0 aliphatic rings. The lowest BCUT2D eigenvalue weighted by Crippen LogP contribution is -2.34. The van der Waals surface area contributed by atoms with Gasteiger partial charge in [-0.05, 0) is 25.5 Å². The molecule has 0 aliphatic heterocycles. The van der Waals surface area contributed by atoms with E-state index in [0.29, 0.717) is 17.0 Å². The first-order valence-electron chi connectivity index (χ1n) is 8.29. The molecule has 2 aromatic heterocycles. The molecule has 3 rings (SSSR count). The van der Waals surface area contributed by atoms with Crippen LogP contribution >= 0.6 is 0 Å². The minimum absolute atomic E-state index is 0.299. The number of nitrogens with zero attached hydrogens (tertiary/aromatic N) is 3. The summed E-state index contributed by atoms with van der Waals surface area (Å²) >= 11 is 0. The Morgan fingerprint density at radius 2 is 1.65 bits per heavy atom. The summed E-state index contributed by atoms with van der Waals surface area (Å²) < 4.78 is 1.68. The number of benzene rings is 1. The second-order valence-electron chi connectivity index (χ2n) is 6.61. The van der Waals surface area contributed by atoms with Gasteiger partial charge in [0.25, 0.3) is 11.7 Å². The van der Waals surface area contributed by atoms with Crippen molar-refractivity contribution in [3.63, 3.8) is 0 Å². The first-order valence-corrected chi connectivity index (χ1v) is 8.29. The van der Waals surface area contributed by atoms with Crippen molar-refractivity contribution in [3.8, 4) is 11.3 Å². The van der Waals surface area contributed by atoms with Gasteiger partial charge in [-0.15, -0.1) is 0 Å². The molecule has 0 bridgehead atoms. The first kappa shape index (κ1) is 17.8. The van der Waals surface area contributed by atoms with Crippen molar-refractivity contribution in [3.05, 3.63) is 59.4 Å². The molecular weight excluding hydrogens is 330 g/mol. The van der Waals surface area contributed by atoms with E-state index in [1.54, 1.807) is 10.6 Å². The Balaban J connectivity index is 2.22. The maximum Gasteiger partial charge on any atom is 0.292 e. The van der Waals surface area contributed by atoms with Gasteiger partial charge in [0.2, 0.25) is 0 Å². The Hall–Kier alpha value is -2.99. The fourth-order valence-electron chi connectivity index (χ4n) is 2.82. The molecule has 0 saturated heterocycles. The Morgan fingerprint density at radius 1 is 1.04 bits per heavy atom. The van der Waals surface area contributed by atoms with Crippen LogP contribution in [0.1, 0.15) is 22.9 Å². The highest BCUT2D eigenvalue weighted by Gasteiger charge is 2.31. The molecule has 26 heavy (non-hydrogen) atoms. The lowest BCUT2D eigenvalue weighted by Gasteiger charge is -2.15. The molecule has 3 aromatic rings. The third kappa shape index (κ3) is 3.11. The molecular formula is C20H21N3O3. The summed E-state index contributed by atoms with van der Waals surface area (Å²) in [6.45, 7) is 3.89. The average Bonchev–Trinajstić information content (AvgIpc) is 2.98. The number of hydrogen-bond donors (Lipinski definition) is 1. The Morgan fingerprint density at radius 3 is 2.27 bits per heavy atom. The van der Waals surface area contributed by atoms with E-state index in [1.165, 1.54) is 14.1 Å². The zero-order valence-electron chi connectivity index (χ0n) is 15.2. The van der Waals surface area contributed by atoms with Crippen LogP contribution in [0, 0.1) is 13.8 Å².